The van der Waals surface area contributed by atoms with E-state index < -0.39 is 27.2 Å². The van der Waals surface area contributed by atoms with Gasteiger partial charge in [-0.05, 0) is 32.9 Å². The summed E-state index contributed by atoms with van der Waals surface area (Å²) in [5.74, 6) is -0.633. The fraction of sp³-hybridized carbons (Fsp3) is 0.562. The van der Waals surface area contributed by atoms with Crippen molar-refractivity contribution in [2.75, 3.05) is 37.3 Å². The molecule has 0 saturated carbocycles. The monoisotopic (exact) mass is 357 g/mol. The van der Waals surface area contributed by atoms with Crippen LogP contribution in [0.4, 0.5) is 14.9 Å². The van der Waals surface area contributed by atoms with E-state index in [0.29, 0.717) is 18.8 Å². The van der Waals surface area contributed by atoms with Gasteiger partial charge in [-0.1, -0.05) is 6.07 Å². The molecule has 0 aromatic heterocycles. The van der Waals surface area contributed by atoms with E-state index in [9.17, 15) is 13.4 Å². The van der Waals surface area contributed by atoms with Gasteiger partial charge in [-0.15, -0.1) is 4.36 Å². The van der Waals surface area contributed by atoms with E-state index in [1.54, 1.807) is 32.9 Å². The molecule has 1 aliphatic rings. The van der Waals surface area contributed by atoms with Crippen LogP contribution in [-0.4, -0.2) is 48.3 Å². The minimum absolute atomic E-state index is 0.0437. The van der Waals surface area contributed by atoms with Crippen molar-refractivity contribution in [3.05, 3.63) is 24.0 Å². The van der Waals surface area contributed by atoms with Crippen LogP contribution in [0.1, 0.15) is 20.8 Å². The largest absolute Gasteiger partial charge is 0.442 e. The predicted molar refractivity (Wildman–Crippen MR) is 92.5 cm³/mol. The number of nitrogens with zero attached hydrogens (tertiary/aromatic N) is 2. The highest BCUT2D eigenvalue weighted by molar-refractivity contribution is 7.93. The number of benzene rings is 1. The first-order chi connectivity index (χ1) is 11.1. The molecule has 24 heavy (non-hydrogen) atoms. The van der Waals surface area contributed by atoms with E-state index >= 15 is 0 Å². The molecule has 0 unspecified atom stereocenters. The van der Waals surface area contributed by atoms with Gasteiger partial charge < -0.3 is 15.0 Å². The molecule has 1 aliphatic heterocycles. The van der Waals surface area contributed by atoms with Crippen LogP contribution >= 0.6 is 0 Å². The summed E-state index contributed by atoms with van der Waals surface area (Å²) in [6, 6.07) is 4.51. The third kappa shape index (κ3) is 4.67. The summed E-state index contributed by atoms with van der Waals surface area (Å²) in [7, 11) is -3.28. The molecule has 2 rings (SSSR count). The van der Waals surface area contributed by atoms with Crippen LogP contribution < -0.4 is 10.2 Å². The maximum absolute atomic E-state index is 14.5. The Bertz CT molecular complexity index is 731. The van der Waals surface area contributed by atoms with Gasteiger partial charge >= 0.3 is 6.09 Å². The summed E-state index contributed by atoms with van der Waals surface area (Å²) in [5, 5.41) is 3.21. The van der Waals surface area contributed by atoms with Crippen molar-refractivity contribution >= 4 is 21.5 Å². The molecule has 1 heterocycles. The molecule has 1 amide bonds. The van der Waals surface area contributed by atoms with Crippen molar-refractivity contribution in [2.45, 2.75) is 31.3 Å². The number of nitrogens with one attached hydrogen (secondary N) is 1. The minimum atomic E-state index is -3.28. The molecule has 6 nitrogen and oxygen atoms in total. The van der Waals surface area contributed by atoms with Crippen molar-refractivity contribution in [3.8, 4) is 0 Å². The number of halogens is 1. The first-order valence-electron chi connectivity index (χ1n) is 7.79. The van der Waals surface area contributed by atoms with Crippen LogP contribution in [0.25, 0.3) is 0 Å². The molecule has 1 N–H and O–H groups in total. The van der Waals surface area contributed by atoms with Crippen molar-refractivity contribution in [2.24, 2.45) is 4.36 Å². The van der Waals surface area contributed by atoms with E-state index in [4.69, 9.17) is 4.74 Å². The quantitative estimate of drug-likeness (QED) is 0.881. The first-order valence-corrected chi connectivity index (χ1v) is 9.72. The highest BCUT2D eigenvalue weighted by Gasteiger charge is 2.25. The maximum atomic E-state index is 14.5. The van der Waals surface area contributed by atoms with Gasteiger partial charge in [0.25, 0.3) is 0 Å². The molecule has 0 bridgehead atoms. The molecule has 8 heteroatoms. The fourth-order valence-electron chi connectivity index (χ4n) is 2.50. The molecular formula is C16H24FN3O3S. The van der Waals surface area contributed by atoms with Gasteiger partial charge in [0, 0.05) is 32.4 Å². The summed E-state index contributed by atoms with van der Waals surface area (Å²) in [4.78, 5) is 13.8. The number of carbonyl (C=O) groups excluding carboxylic acids is 1. The Balaban J connectivity index is 2.46. The molecule has 1 fully saturated rings. The van der Waals surface area contributed by atoms with Gasteiger partial charge in [0.05, 0.1) is 15.4 Å². The average Bonchev–Trinajstić information content (AvgIpc) is 2.44. The van der Waals surface area contributed by atoms with Crippen molar-refractivity contribution in [1.29, 1.82) is 0 Å². The SMILES string of the molecule is CC(C)(C)OC(=O)N=[S@@](C)(=O)c1c(F)cccc1N1CCNCC1. The van der Waals surface area contributed by atoms with Crippen LogP contribution in [0.3, 0.4) is 0 Å². The lowest BCUT2D eigenvalue weighted by Crippen LogP contribution is -2.44. The zero-order valence-electron chi connectivity index (χ0n) is 14.5. The summed E-state index contributed by atoms with van der Waals surface area (Å²) in [6.07, 6.45) is 0.311. The number of ether oxygens (including phenoxy) is 1. The smallest absolute Gasteiger partial charge is 0.442 e. The van der Waals surface area contributed by atoms with Crippen LogP contribution in [0.2, 0.25) is 0 Å². The number of rotatable bonds is 2. The Morgan fingerprint density at radius 1 is 1.33 bits per heavy atom. The zero-order chi connectivity index (χ0) is 18.0. The maximum Gasteiger partial charge on any atom is 0.442 e. The number of piperazine rings is 1. The van der Waals surface area contributed by atoms with Gasteiger partial charge in [0.1, 0.15) is 16.3 Å². The molecule has 0 radical (unpaired) electrons. The van der Waals surface area contributed by atoms with Crippen LogP contribution in [0.15, 0.2) is 27.5 Å². The second kappa shape index (κ2) is 7.06. The standard InChI is InChI=1S/C16H24FN3O3S/c1-16(2,3)23-15(21)19-24(4,22)14-12(17)6-5-7-13(14)20-10-8-18-9-11-20/h5-7,18H,8-11H2,1-4H3/t24-/m0/s1. The van der Waals surface area contributed by atoms with Gasteiger partial charge in [-0.25, -0.2) is 13.4 Å². The number of hydrogen-bond donors (Lipinski definition) is 1. The van der Waals surface area contributed by atoms with Crippen molar-refractivity contribution in [1.82, 2.24) is 5.32 Å². The lowest BCUT2D eigenvalue weighted by Gasteiger charge is -2.31. The molecular weight excluding hydrogens is 333 g/mol. The Labute approximate surface area is 142 Å². The van der Waals surface area contributed by atoms with Gasteiger partial charge in [0.2, 0.25) is 0 Å². The third-order valence-electron chi connectivity index (χ3n) is 3.42. The van der Waals surface area contributed by atoms with Gasteiger partial charge in [-0.2, -0.15) is 0 Å². The Morgan fingerprint density at radius 2 is 1.96 bits per heavy atom. The lowest BCUT2D eigenvalue weighted by atomic mass is 10.2. The van der Waals surface area contributed by atoms with Crippen molar-refractivity contribution < 1.29 is 18.1 Å². The van der Waals surface area contributed by atoms with E-state index in [-0.39, 0.29) is 4.90 Å². The van der Waals surface area contributed by atoms with E-state index in [2.05, 4.69) is 9.68 Å². The Morgan fingerprint density at radius 3 is 2.54 bits per heavy atom. The molecule has 0 aliphatic carbocycles. The average molecular weight is 357 g/mol. The molecule has 1 saturated heterocycles. The molecule has 134 valence electrons. The zero-order valence-corrected chi connectivity index (χ0v) is 15.3. The lowest BCUT2D eigenvalue weighted by molar-refractivity contribution is 0.0607. The third-order valence-corrected chi connectivity index (χ3v) is 5.08. The molecule has 1 aromatic carbocycles. The van der Waals surface area contributed by atoms with E-state index in [1.807, 2.05) is 4.90 Å². The van der Waals surface area contributed by atoms with E-state index in [1.165, 1.54) is 12.3 Å². The van der Waals surface area contributed by atoms with Crippen molar-refractivity contribution in [3.63, 3.8) is 0 Å². The van der Waals surface area contributed by atoms with Gasteiger partial charge in [-0.3, -0.25) is 0 Å². The highest BCUT2D eigenvalue weighted by Crippen LogP contribution is 2.29. The van der Waals surface area contributed by atoms with Crippen LogP contribution in [-0.2, 0) is 14.5 Å². The molecule has 1 aromatic rings. The summed E-state index contributed by atoms with van der Waals surface area (Å²) >= 11 is 0. The van der Waals surface area contributed by atoms with Crippen LogP contribution in [0, 0.1) is 5.82 Å². The second-order valence-electron chi connectivity index (χ2n) is 6.70. The first kappa shape index (κ1) is 18.7. The minimum Gasteiger partial charge on any atom is -0.442 e. The van der Waals surface area contributed by atoms with E-state index in [0.717, 1.165) is 13.1 Å². The summed E-state index contributed by atoms with van der Waals surface area (Å²) in [5.41, 5.74) is -0.247. The summed E-state index contributed by atoms with van der Waals surface area (Å²) < 4.78 is 36.2. The van der Waals surface area contributed by atoms with Crippen LogP contribution in [0.5, 0.6) is 0 Å². The molecule has 0 spiro atoms. The number of anilines is 1. The fourth-order valence-corrected chi connectivity index (χ4v) is 3.92. The number of carbonyl (C=O) groups is 1. The Kier molecular flexibility index (Phi) is 5.49. The number of amides is 1. The summed E-state index contributed by atoms with van der Waals surface area (Å²) in [6.45, 7) is 7.90. The Hall–Kier alpha value is -1.67. The topological polar surface area (TPSA) is 71.0 Å². The molecule has 1 atom stereocenters. The predicted octanol–water partition coefficient (Wildman–Crippen LogP) is 2.63. The normalized spacial score (nSPS) is 18.0. The second-order valence-corrected chi connectivity index (χ2v) is 8.90. The highest BCUT2D eigenvalue weighted by atomic mass is 32.2. The number of hydrogen-bond acceptors (Lipinski definition) is 5. The van der Waals surface area contributed by atoms with Gasteiger partial charge in [0.15, 0.2) is 0 Å².